The molecule has 0 fully saturated rings. The van der Waals surface area contributed by atoms with Gasteiger partial charge in [0.2, 0.25) is 0 Å². The first-order valence-electron chi connectivity index (χ1n) is 5.84. The predicted octanol–water partition coefficient (Wildman–Crippen LogP) is 2.02. The Kier molecular flexibility index (Phi) is 5.38. The quantitative estimate of drug-likeness (QED) is 0.823. The number of hydrogen-bond donors (Lipinski definition) is 1. The lowest BCUT2D eigenvalue weighted by atomic mass is 9.96. The second-order valence-corrected chi connectivity index (χ2v) is 4.30. The Morgan fingerprint density at radius 3 is 2.47 bits per heavy atom. The molecule has 1 N–H and O–H groups in total. The summed E-state index contributed by atoms with van der Waals surface area (Å²) in [4.78, 5) is 4.40. The van der Waals surface area contributed by atoms with E-state index in [1.54, 1.807) is 20.4 Å². The van der Waals surface area contributed by atoms with E-state index in [-0.39, 0.29) is 12.1 Å². The van der Waals surface area contributed by atoms with E-state index < -0.39 is 0 Å². The standard InChI is InChI=1S/C13H22N2O2/c1-9(2)13(17-5)12(14-3)11-10(16-4)7-6-8-15-11/h6-9,12-14H,1-5H3. The summed E-state index contributed by atoms with van der Waals surface area (Å²) in [6.45, 7) is 4.27. The van der Waals surface area contributed by atoms with Crippen molar-refractivity contribution >= 4 is 0 Å². The molecule has 4 heteroatoms. The second-order valence-electron chi connectivity index (χ2n) is 4.30. The molecule has 1 aromatic rings. The number of nitrogens with one attached hydrogen (secondary N) is 1. The van der Waals surface area contributed by atoms with Gasteiger partial charge in [-0.2, -0.15) is 0 Å². The Morgan fingerprint density at radius 1 is 1.29 bits per heavy atom. The highest BCUT2D eigenvalue weighted by Gasteiger charge is 2.27. The summed E-state index contributed by atoms with van der Waals surface area (Å²) in [6, 6.07) is 3.81. The van der Waals surface area contributed by atoms with Crippen molar-refractivity contribution in [3.8, 4) is 5.75 Å². The van der Waals surface area contributed by atoms with Crippen molar-refractivity contribution < 1.29 is 9.47 Å². The Labute approximate surface area is 103 Å². The third-order valence-corrected chi connectivity index (χ3v) is 2.88. The highest BCUT2D eigenvalue weighted by atomic mass is 16.5. The molecule has 0 saturated carbocycles. The number of pyridine rings is 1. The lowest BCUT2D eigenvalue weighted by Crippen LogP contribution is -2.35. The molecule has 2 unspecified atom stereocenters. The molecule has 0 spiro atoms. The smallest absolute Gasteiger partial charge is 0.142 e. The van der Waals surface area contributed by atoms with Crippen molar-refractivity contribution in [2.24, 2.45) is 5.92 Å². The molecule has 0 aliphatic carbocycles. The van der Waals surface area contributed by atoms with Gasteiger partial charge in [-0.3, -0.25) is 4.98 Å². The van der Waals surface area contributed by atoms with E-state index in [0.29, 0.717) is 5.92 Å². The SMILES string of the molecule is CNC(c1ncccc1OC)C(OC)C(C)C. The molecule has 0 radical (unpaired) electrons. The van der Waals surface area contributed by atoms with Crippen LogP contribution >= 0.6 is 0 Å². The molecule has 1 aromatic heterocycles. The van der Waals surface area contributed by atoms with Crippen LogP contribution in [0.15, 0.2) is 18.3 Å². The molecule has 0 bridgehead atoms. The van der Waals surface area contributed by atoms with Gasteiger partial charge < -0.3 is 14.8 Å². The van der Waals surface area contributed by atoms with Gasteiger partial charge in [0.1, 0.15) is 11.4 Å². The largest absolute Gasteiger partial charge is 0.495 e. The van der Waals surface area contributed by atoms with Crippen molar-refractivity contribution in [2.45, 2.75) is 26.0 Å². The normalized spacial score (nSPS) is 14.7. The lowest BCUT2D eigenvalue weighted by molar-refractivity contribution is 0.0329. The van der Waals surface area contributed by atoms with Crippen molar-refractivity contribution in [2.75, 3.05) is 21.3 Å². The predicted molar refractivity (Wildman–Crippen MR) is 68.2 cm³/mol. The van der Waals surface area contributed by atoms with Crippen LogP contribution in [0.25, 0.3) is 0 Å². The first kappa shape index (κ1) is 13.9. The number of nitrogens with zero attached hydrogens (tertiary/aromatic N) is 1. The molecule has 2 atom stereocenters. The summed E-state index contributed by atoms with van der Waals surface area (Å²) in [7, 11) is 5.29. The Balaban J connectivity index is 3.07. The molecular weight excluding hydrogens is 216 g/mol. The van der Waals surface area contributed by atoms with Crippen molar-refractivity contribution in [3.63, 3.8) is 0 Å². The molecule has 0 aromatic carbocycles. The zero-order valence-corrected chi connectivity index (χ0v) is 11.2. The molecule has 1 heterocycles. The Bertz CT molecular complexity index is 342. The summed E-state index contributed by atoms with van der Waals surface area (Å²) in [6.07, 6.45) is 1.83. The van der Waals surface area contributed by atoms with Crippen LogP contribution in [0.4, 0.5) is 0 Å². The Hall–Kier alpha value is -1.13. The molecule has 0 aliphatic rings. The number of aromatic nitrogens is 1. The summed E-state index contributed by atoms with van der Waals surface area (Å²) in [5.74, 6) is 1.18. The van der Waals surface area contributed by atoms with Crippen LogP contribution in [0.3, 0.4) is 0 Å². The van der Waals surface area contributed by atoms with Crippen LogP contribution in [0.1, 0.15) is 25.6 Å². The van der Waals surface area contributed by atoms with Crippen LogP contribution in [0.2, 0.25) is 0 Å². The highest BCUT2D eigenvalue weighted by Crippen LogP contribution is 2.28. The van der Waals surface area contributed by atoms with E-state index >= 15 is 0 Å². The third kappa shape index (κ3) is 3.17. The number of rotatable bonds is 6. The van der Waals surface area contributed by atoms with E-state index in [1.165, 1.54) is 0 Å². The van der Waals surface area contributed by atoms with Crippen LogP contribution in [-0.4, -0.2) is 32.4 Å². The summed E-state index contributed by atoms with van der Waals surface area (Å²) in [5, 5.41) is 3.26. The van der Waals surface area contributed by atoms with Crippen LogP contribution in [-0.2, 0) is 4.74 Å². The van der Waals surface area contributed by atoms with E-state index in [2.05, 4.69) is 24.1 Å². The molecule has 17 heavy (non-hydrogen) atoms. The fourth-order valence-electron chi connectivity index (χ4n) is 2.06. The summed E-state index contributed by atoms with van der Waals surface area (Å²) >= 11 is 0. The molecule has 4 nitrogen and oxygen atoms in total. The van der Waals surface area contributed by atoms with Gasteiger partial charge in [0.25, 0.3) is 0 Å². The lowest BCUT2D eigenvalue weighted by Gasteiger charge is -2.29. The van der Waals surface area contributed by atoms with E-state index in [1.807, 2.05) is 19.2 Å². The topological polar surface area (TPSA) is 43.4 Å². The fourth-order valence-corrected chi connectivity index (χ4v) is 2.06. The molecule has 96 valence electrons. The molecular formula is C13H22N2O2. The third-order valence-electron chi connectivity index (χ3n) is 2.88. The molecule has 0 aliphatic heterocycles. The van der Waals surface area contributed by atoms with Gasteiger partial charge in [0.05, 0.1) is 19.3 Å². The van der Waals surface area contributed by atoms with Crippen LogP contribution in [0.5, 0.6) is 5.75 Å². The van der Waals surface area contributed by atoms with Gasteiger partial charge in [-0.25, -0.2) is 0 Å². The van der Waals surface area contributed by atoms with Crippen LogP contribution < -0.4 is 10.1 Å². The average Bonchev–Trinajstić information content (AvgIpc) is 2.35. The van der Waals surface area contributed by atoms with Gasteiger partial charge in [-0.1, -0.05) is 13.8 Å². The van der Waals surface area contributed by atoms with E-state index in [9.17, 15) is 0 Å². The minimum atomic E-state index is 0.0242. The number of likely N-dealkylation sites (N-methyl/N-ethyl adjacent to an activating group) is 1. The first-order valence-corrected chi connectivity index (χ1v) is 5.84. The fraction of sp³-hybridized carbons (Fsp3) is 0.615. The minimum absolute atomic E-state index is 0.0242. The number of methoxy groups -OCH3 is 2. The summed E-state index contributed by atoms with van der Waals surface area (Å²) in [5.41, 5.74) is 0.887. The molecule has 0 amide bonds. The zero-order chi connectivity index (χ0) is 12.8. The number of ether oxygens (including phenoxy) is 2. The van der Waals surface area contributed by atoms with Crippen molar-refractivity contribution in [3.05, 3.63) is 24.0 Å². The van der Waals surface area contributed by atoms with Gasteiger partial charge in [-0.15, -0.1) is 0 Å². The molecule has 1 rings (SSSR count). The van der Waals surface area contributed by atoms with Gasteiger partial charge in [0, 0.05) is 13.3 Å². The zero-order valence-electron chi connectivity index (χ0n) is 11.2. The van der Waals surface area contributed by atoms with E-state index in [4.69, 9.17) is 9.47 Å². The van der Waals surface area contributed by atoms with Gasteiger partial charge >= 0.3 is 0 Å². The monoisotopic (exact) mass is 238 g/mol. The van der Waals surface area contributed by atoms with Crippen molar-refractivity contribution in [1.29, 1.82) is 0 Å². The maximum atomic E-state index is 5.56. The van der Waals surface area contributed by atoms with Crippen LogP contribution in [0, 0.1) is 5.92 Å². The second kappa shape index (κ2) is 6.57. The van der Waals surface area contributed by atoms with Gasteiger partial charge in [0.15, 0.2) is 0 Å². The number of hydrogen-bond acceptors (Lipinski definition) is 4. The van der Waals surface area contributed by atoms with Gasteiger partial charge in [-0.05, 0) is 25.1 Å². The molecule has 0 saturated heterocycles. The van der Waals surface area contributed by atoms with E-state index in [0.717, 1.165) is 11.4 Å². The Morgan fingerprint density at radius 2 is 2.00 bits per heavy atom. The highest BCUT2D eigenvalue weighted by molar-refractivity contribution is 5.30. The maximum absolute atomic E-state index is 5.56. The van der Waals surface area contributed by atoms with Crippen molar-refractivity contribution in [1.82, 2.24) is 10.3 Å². The summed E-state index contributed by atoms with van der Waals surface area (Å²) < 4.78 is 10.9. The first-order chi connectivity index (χ1) is 8.15. The average molecular weight is 238 g/mol. The minimum Gasteiger partial charge on any atom is -0.495 e. The maximum Gasteiger partial charge on any atom is 0.142 e.